The van der Waals surface area contributed by atoms with Crippen LogP contribution in [0.4, 0.5) is 0 Å². The van der Waals surface area contributed by atoms with Crippen molar-refractivity contribution in [2.24, 2.45) is 0 Å². The molecule has 0 aliphatic carbocycles. The average molecular weight is 224 g/mol. The highest BCUT2D eigenvalue weighted by Crippen LogP contribution is 2.27. The van der Waals surface area contributed by atoms with Crippen molar-refractivity contribution in [1.29, 1.82) is 0 Å². The van der Waals surface area contributed by atoms with Crippen molar-refractivity contribution >= 4 is 12.6 Å². The van der Waals surface area contributed by atoms with E-state index in [9.17, 15) is 0 Å². The van der Waals surface area contributed by atoms with Gasteiger partial charge in [-0.3, -0.25) is 0 Å². The minimum absolute atomic E-state index is 0.000352. The summed E-state index contributed by atoms with van der Waals surface area (Å²) in [5.41, 5.74) is 2.60. The second-order valence-corrected chi connectivity index (χ2v) is 5.70. The Labute approximate surface area is 98.3 Å². The van der Waals surface area contributed by atoms with Gasteiger partial charge in [0, 0.05) is 4.75 Å². The highest BCUT2D eigenvalue weighted by molar-refractivity contribution is 7.81. The summed E-state index contributed by atoms with van der Waals surface area (Å²) < 4.78 is 5.36. The number of thiol groups is 1. The maximum absolute atomic E-state index is 5.36. The SMILES string of the molecule is CCc1ccc(OC)c(CC(C)(C)S)c1. The number of aryl methyl sites for hydroxylation is 1. The molecule has 0 bridgehead atoms. The van der Waals surface area contributed by atoms with Crippen molar-refractivity contribution in [3.8, 4) is 5.75 Å². The molecule has 0 aliphatic rings. The number of hydrogen-bond acceptors (Lipinski definition) is 2. The van der Waals surface area contributed by atoms with E-state index in [2.05, 4.69) is 45.5 Å². The van der Waals surface area contributed by atoms with Gasteiger partial charge >= 0.3 is 0 Å². The van der Waals surface area contributed by atoms with Crippen LogP contribution in [0, 0.1) is 0 Å². The number of methoxy groups -OCH3 is 1. The number of benzene rings is 1. The van der Waals surface area contributed by atoms with E-state index >= 15 is 0 Å². The minimum Gasteiger partial charge on any atom is -0.496 e. The Morgan fingerprint density at radius 1 is 1.33 bits per heavy atom. The van der Waals surface area contributed by atoms with Crippen LogP contribution in [0.3, 0.4) is 0 Å². The molecule has 0 radical (unpaired) electrons. The molecule has 1 aromatic carbocycles. The van der Waals surface area contributed by atoms with Gasteiger partial charge in [-0.15, -0.1) is 0 Å². The van der Waals surface area contributed by atoms with Gasteiger partial charge in [-0.2, -0.15) is 12.6 Å². The van der Waals surface area contributed by atoms with E-state index in [4.69, 9.17) is 4.74 Å². The number of ether oxygens (including phenoxy) is 1. The fourth-order valence-electron chi connectivity index (χ4n) is 1.66. The molecule has 0 heterocycles. The molecular weight excluding hydrogens is 204 g/mol. The summed E-state index contributed by atoms with van der Waals surface area (Å²) in [5, 5.41) is 0. The van der Waals surface area contributed by atoms with Crippen molar-refractivity contribution in [3.05, 3.63) is 29.3 Å². The first kappa shape index (κ1) is 12.4. The van der Waals surface area contributed by atoms with Gasteiger partial charge in [0.25, 0.3) is 0 Å². The molecular formula is C13H20OS. The van der Waals surface area contributed by atoms with Crippen LogP contribution in [0.15, 0.2) is 18.2 Å². The molecule has 0 saturated carbocycles. The molecule has 2 heteroatoms. The predicted octanol–water partition coefficient (Wildman–Crippen LogP) is 3.51. The van der Waals surface area contributed by atoms with Crippen LogP contribution in [0.1, 0.15) is 31.9 Å². The molecule has 1 aromatic rings. The van der Waals surface area contributed by atoms with Crippen LogP contribution in [0.2, 0.25) is 0 Å². The van der Waals surface area contributed by atoms with Crippen LogP contribution < -0.4 is 4.74 Å². The normalized spacial score (nSPS) is 11.5. The van der Waals surface area contributed by atoms with Crippen molar-refractivity contribution in [3.63, 3.8) is 0 Å². The number of hydrogen-bond donors (Lipinski definition) is 1. The minimum atomic E-state index is -0.000352. The van der Waals surface area contributed by atoms with E-state index in [0.29, 0.717) is 0 Å². The van der Waals surface area contributed by atoms with E-state index in [1.807, 2.05) is 6.07 Å². The first-order valence-corrected chi connectivity index (χ1v) is 5.79. The maximum Gasteiger partial charge on any atom is 0.122 e. The van der Waals surface area contributed by atoms with Gasteiger partial charge in [-0.05, 0) is 30.0 Å². The lowest BCUT2D eigenvalue weighted by Gasteiger charge is -2.19. The van der Waals surface area contributed by atoms with Crippen molar-refractivity contribution in [2.45, 2.75) is 38.4 Å². The zero-order chi connectivity index (χ0) is 11.5. The van der Waals surface area contributed by atoms with Crippen molar-refractivity contribution < 1.29 is 4.74 Å². The Bertz CT molecular complexity index is 326. The van der Waals surface area contributed by atoms with E-state index < -0.39 is 0 Å². The highest BCUT2D eigenvalue weighted by Gasteiger charge is 2.15. The summed E-state index contributed by atoms with van der Waals surface area (Å²) in [7, 11) is 1.72. The first-order chi connectivity index (χ1) is 6.96. The molecule has 1 nitrogen and oxygen atoms in total. The lowest BCUT2D eigenvalue weighted by Crippen LogP contribution is -2.15. The molecule has 84 valence electrons. The van der Waals surface area contributed by atoms with Gasteiger partial charge < -0.3 is 4.74 Å². The molecule has 0 saturated heterocycles. The summed E-state index contributed by atoms with van der Waals surface area (Å²) in [4.78, 5) is 0. The Hall–Kier alpha value is -0.630. The molecule has 0 amide bonds. The van der Waals surface area contributed by atoms with Crippen LogP contribution >= 0.6 is 12.6 Å². The summed E-state index contributed by atoms with van der Waals surface area (Å²) in [6.07, 6.45) is 1.98. The molecule has 0 aromatic heterocycles. The molecule has 0 unspecified atom stereocenters. The van der Waals surface area contributed by atoms with E-state index in [1.165, 1.54) is 11.1 Å². The Balaban J connectivity index is 3.01. The molecule has 0 spiro atoms. The van der Waals surface area contributed by atoms with Crippen LogP contribution in [-0.2, 0) is 12.8 Å². The zero-order valence-electron chi connectivity index (χ0n) is 10.0. The summed E-state index contributed by atoms with van der Waals surface area (Å²) in [6.45, 7) is 6.40. The van der Waals surface area contributed by atoms with E-state index in [0.717, 1.165) is 18.6 Å². The van der Waals surface area contributed by atoms with Crippen LogP contribution in [0.5, 0.6) is 5.75 Å². The lowest BCUT2D eigenvalue weighted by atomic mass is 9.98. The highest BCUT2D eigenvalue weighted by atomic mass is 32.1. The second kappa shape index (κ2) is 4.93. The number of rotatable bonds is 4. The fourth-order valence-corrected chi connectivity index (χ4v) is 1.83. The largest absolute Gasteiger partial charge is 0.496 e. The summed E-state index contributed by atoms with van der Waals surface area (Å²) in [5.74, 6) is 0.967. The quantitative estimate of drug-likeness (QED) is 0.770. The molecule has 0 atom stereocenters. The third-order valence-corrected chi connectivity index (χ3v) is 2.53. The first-order valence-electron chi connectivity index (χ1n) is 5.34. The smallest absolute Gasteiger partial charge is 0.122 e. The van der Waals surface area contributed by atoms with Gasteiger partial charge in [0.1, 0.15) is 5.75 Å². The van der Waals surface area contributed by atoms with Crippen molar-refractivity contribution in [2.75, 3.05) is 7.11 Å². The van der Waals surface area contributed by atoms with Gasteiger partial charge in [-0.1, -0.05) is 32.9 Å². The van der Waals surface area contributed by atoms with Crippen LogP contribution in [0.25, 0.3) is 0 Å². The molecule has 0 N–H and O–H groups in total. The third kappa shape index (κ3) is 3.78. The van der Waals surface area contributed by atoms with Gasteiger partial charge in [0.05, 0.1) is 7.11 Å². The third-order valence-electron chi connectivity index (χ3n) is 2.38. The monoisotopic (exact) mass is 224 g/mol. The summed E-state index contributed by atoms with van der Waals surface area (Å²) in [6, 6.07) is 6.39. The Morgan fingerprint density at radius 2 is 2.00 bits per heavy atom. The second-order valence-electron chi connectivity index (χ2n) is 4.49. The van der Waals surface area contributed by atoms with Gasteiger partial charge in [-0.25, -0.2) is 0 Å². The lowest BCUT2D eigenvalue weighted by molar-refractivity contribution is 0.408. The van der Waals surface area contributed by atoms with E-state index in [1.54, 1.807) is 7.11 Å². The van der Waals surface area contributed by atoms with E-state index in [-0.39, 0.29) is 4.75 Å². The average Bonchev–Trinajstić information content (AvgIpc) is 2.15. The predicted molar refractivity (Wildman–Crippen MR) is 69.1 cm³/mol. The Morgan fingerprint density at radius 3 is 2.47 bits per heavy atom. The standard InChI is InChI=1S/C13H20OS/c1-5-10-6-7-12(14-4)11(8-10)9-13(2,3)15/h6-8,15H,5,9H2,1-4H3. The van der Waals surface area contributed by atoms with Crippen LogP contribution in [-0.4, -0.2) is 11.9 Å². The molecule has 1 rings (SSSR count). The Kier molecular flexibility index (Phi) is 4.09. The zero-order valence-corrected chi connectivity index (χ0v) is 10.9. The van der Waals surface area contributed by atoms with Gasteiger partial charge in [0.2, 0.25) is 0 Å². The van der Waals surface area contributed by atoms with Gasteiger partial charge in [0.15, 0.2) is 0 Å². The summed E-state index contributed by atoms with van der Waals surface area (Å²) >= 11 is 4.56. The van der Waals surface area contributed by atoms with Crippen molar-refractivity contribution in [1.82, 2.24) is 0 Å². The molecule has 15 heavy (non-hydrogen) atoms. The molecule has 0 aliphatic heterocycles. The maximum atomic E-state index is 5.36. The fraction of sp³-hybridized carbons (Fsp3) is 0.538. The molecule has 0 fully saturated rings. The topological polar surface area (TPSA) is 9.23 Å².